The molecule has 92 valence electrons. The van der Waals surface area contributed by atoms with Crippen molar-refractivity contribution in [3.8, 4) is 5.88 Å². The van der Waals surface area contributed by atoms with Crippen molar-refractivity contribution in [1.29, 1.82) is 0 Å². The Balaban J connectivity index is 1.95. The Hall–Kier alpha value is -0.830. The van der Waals surface area contributed by atoms with Gasteiger partial charge in [-0.3, -0.25) is 0 Å². The van der Waals surface area contributed by atoms with Crippen LogP contribution in [-0.2, 0) is 0 Å². The summed E-state index contributed by atoms with van der Waals surface area (Å²) in [6.45, 7) is 5.08. The Morgan fingerprint density at radius 3 is 2.88 bits per heavy atom. The van der Waals surface area contributed by atoms with E-state index in [9.17, 15) is 0 Å². The molecule has 0 spiro atoms. The first-order chi connectivity index (χ1) is 8.16. The number of allylic oxidation sites excluding steroid dienone is 2. The summed E-state index contributed by atoms with van der Waals surface area (Å²) in [5, 5.41) is 0. The maximum atomic E-state index is 5.84. The molecule has 0 bridgehead atoms. The molecule has 0 saturated carbocycles. The minimum Gasteiger partial charge on any atom is -0.477 e. The summed E-state index contributed by atoms with van der Waals surface area (Å²) < 4.78 is 6.83. The molecule has 2 unspecified atom stereocenters. The second-order valence-electron chi connectivity index (χ2n) is 4.77. The lowest BCUT2D eigenvalue weighted by molar-refractivity contribution is 0.191. The minimum atomic E-state index is 0.616. The molecule has 1 aromatic heterocycles. The number of hydrogen-bond donors (Lipinski definition) is 0. The first-order valence-electron chi connectivity index (χ1n) is 6.06. The summed E-state index contributed by atoms with van der Waals surface area (Å²) in [5.41, 5.74) is 1.08. The van der Waals surface area contributed by atoms with Crippen LogP contribution in [0, 0.1) is 18.8 Å². The molecule has 1 heterocycles. The largest absolute Gasteiger partial charge is 0.477 e. The van der Waals surface area contributed by atoms with Crippen LogP contribution in [0.3, 0.4) is 0 Å². The third-order valence-corrected chi connectivity index (χ3v) is 3.78. The quantitative estimate of drug-likeness (QED) is 0.782. The van der Waals surface area contributed by atoms with E-state index in [-0.39, 0.29) is 0 Å². The summed E-state index contributed by atoms with van der Waals surface area (Å²) in [4.78, 5) is 4.30. The van der Waals surface area contributed by atoms with Gasteiger partial charge in [-0.1, -0.05) is 19.1 Å². The smallest absolute Gasteiger partial charge is 0.216 e. The predicted octanol–water partition coefficient (Wildman–Crippen LogP) is 4.13. The molecule has 0 fully saturated rings. The van der Waals surface area contributed by atoms with Crippen molar-refractivity contribution in [3.05, 3.63) is 34.5 Å². The summed E-state index contributed by atoms with van der Waals surface area (Å²) in [6, 6.07) is 2.03. The molecule has 2 rings (SSSR count). The Bertz CT molecular complexity index is 417. The maximum absolute atomic E-state index is 5.84. The average Bonchev–Trinajstić information content (AvgIpc) is 2.30. The molecule has 1 aliphatic rings. The van der Waals surface area contributed by atoms with Gasteiger partial charge in [-0.2, -0.15) is 0 Å². The van der Waals surface area contributed by atoms with Gasteiger partial charge >= 0.3 is 0 Å². The molecule has 0 amide bonds. The molecule has 0 aliphatic heterocycles. The van der Waals surface area contributed by atoms with E-state index in [1.165, 1.54) is 6.42 Å². The predicted molar refractivity (Wildman–Crippen MR) is 73.2 cm³/mol. The third-order valence-electron chi connectivity index (χ3n) is 3.35. The lowest BCUT2D eigenvalue weighted by Gasteiger charge is -2.25. The third kappa shape index (κ3) is 3.32. The average molecular weight is 296 g/mol. The van der Waals surface area contributed by atoms with Crippen LogP contribution in [0.4, 0.5) is 0 Å². The van der Waals surface area contributed by atoms with E-state index in [0.29, 0.717) is 11.8 Å². The normalized spacial score (nSPS) is 23.7. The van der Waals surface area contributed by atoms with Gasteiger partial charge in [0.05, 0.1) is 6.61 Å². The zero-order valence-corrected chi connectivity index (χ0v) is 11.9. The number of hydrogen-bond acceptors (Lipinski definition) is 2. The van der Waals surface area contributed by atoms with Gasteiger partial charge in [0.1, 0.15) is 0 Å². The highest BCUT2D eigenvalue weighted by Crippen LogP contribution is 2.26. The van der Waals surface area contributed by atoms with Crippen LogP contribution in [0.1, 0.15) is 25.3 Å². The lowest BCUT2D eigenvalue weighted by Crippen LogP contribution is -2.21. The molecule has 0 radical (unpaired) electrons. The van der Waals surface area contributed by atoms with Crippen molar-refractivity contribution in [2.45, 2.75) is 26.7 Å². The molecule has 0 N–H and O–H groups in total. The Labute approximate surface area is 111 Å². The van der Waals surface area contributed by atoms with E-state index >= 15 is 0 Å². The first kappa shape index (κ1) is 12.6. The van der Waals surface area contributed by atoms with E-state index < -0.39 is 0 Å². The van der Waals surface area contributed by atoms with E-state index in [2.05, 4.69) is 40.0 Å². The highest BCUT2D eigenvalue weighted by atomic mass is 79.9. The highest BCUT2D eigenvalue weighted by molar-refractivity contribution is 9.10. The van der Waals surface area contributed by atoms with Gasteiger partial charge in [0.25, 0.3) is 0 Å². The number of ether oxygens (including phenoxy) is 1. The SMILES string of the molecule is Cc1cc(Br)cnc1OCC1CC=CCC1C. The molecule has 17 heavy (non-hydrogen) atoms. The van der Waals surface area contributed by atoms with Crippen molar-refractivity contribution < 1.29 is 4.74 Å². The van der Waals surface area contributed by atoms with Crippen LogP contribution in [-0.4, -0.2) is 11.6 Å². The van der Waals surface area contributed by atoms with Crippen LogP contribution < -0.4 is 4.74 Å². The second kappa shape index (κ2) is 5.67. The molecule has 2 atom stereocenters. The zero-order chi connectivity index (χ0) is 12.3. The van der Waals surface area contributed by atoms with E-state index in [0.717, 1.165) is 28.9 Å². The fraction of sp³-hybridized carbons (Fsp3) is 0.500. The van der Waals surface area contributed by atoms with Crippen LogP contribution >= 0.6 is 15.9 Å². The fourth-order valence-electron chi connectivity index (χ4n) is 2.10. The summed E-state index contributed by atoms with van der Waals surface area (Å²) in [7, 11) is 0. The number of aromatic nitrogens is 1. The molecule has 0 saturated heterocycles. The molecule has 2 nitrogen and oxygen atoms in total. The van der Waals surface area contributed by atoms with Gasteiger partial charge in [-0.15, -0.1) is 0 Å². The molecular formula is C14H18BrNO. The summed E-state index contributed by atoms with van der Waals surface area (Å²) >= 11 is 3.41. The molecule has 3 heteroatoms. The van der Waals surface area contributed by atoms with Crippen LogP contribution in [0.2, 0.25) is 0 Å². The molecule has 1 aromatic rings. The van der Waals surface area contributed by atoms with Gasteiger partial charge in [0.15, 0.2) is 0 Å². The molecular weight excluding hydrogens is 278 g/mol. The van der Waals surface area contributed by atoms with Crippen molar-refractivity contribution >= 4 is 15.9 Å². The second-order valence-corrected chi connectivity index (χ2v) is 5.68. The van der Waals surface area contributed by atoms with Gasteiger partial charge in [-0.05, 0) is 53.6 Å². The van der Waals surface area contributed by atoms with Gasteiger partial charge in [0, 0.05) is 16.2 Å². The lowest BCUT2D eigenvalue weighted by atomic mass is 9.85. The zero-order valence-electron chi connectivity index (χ0n) is 10.3. The van der Waals surface area contributed by atoms with E-state index in [4.69, 9.17) is 4.74 Å². The van der Waals surface area contributed by atoms with Crippen LogP contribution in [0.15, 0.2) is 28.9 Å². The van der Waals surface area contributed by atoms with Gasteiger partial charge < -0.3 is 4.74 Å². The van der Waals surface area contributed by atoms with Crippen molar-refractivity contribution in [2.24, 2.45) is 11.8 Å². The fourth-order valence-corrected chi connectivity index (χ4v) is 2.55. The number of pyridine rings is 1. The highest BCUT2D eigenvalue weighted by Gasteiger charge is 2.19. The minimum absolute atomic E-state index is 0.616. The van der Waals surface area contributed by atoms with Crippen molar-refractivity contribution in [3.63, 3.8) is 0 Å². The topological polar surface area (TPSA) is 22.1 Å². The Morgan fingerprint density at radius 2 is 2.18 bits per heavy atom. The van der Waals surface area contributed by atoms with Gasteiger partial charge in [0.2, 0.25) is 5.88 Å². The Kier molecular flexibility index (Phi) is 4.21. The first-order valence-corrected chi connectivity index (χ1v) is 6.86. The number of nitrogens with zero attached hydrogens (tertiary/aromatic N) is 1. The van der Waals surface area contributed by atoms with Gasteiger partial charge in [-0.25, -0.2) is 4.98 Å². The van der Waals surface area contributed by atoms with E-state index in [1.807, 2.05) is 13.0 Å². The van der Waals surface area contributed by atoms with Crippen LogP contribution in [0.5, 0.6) is 5.88 Å². The number of aryl methyl sites for hydroxylation is 1. The van der Waals surface area contributed by atoms with E-state index in [1.54, 1.807) is 6.20 Å². The summed E-state index contributed by atoms with van der Waals surface area (Å²) in [5.74, 6) is 2.08. The standard InChI is InChI=1S/C14H18BrNO/c1-10-5-3-4-6-12(10)9-17-14-11(2)7-13(15)8-16-14/h3-4,7-8,10,12H,5-6,9H2,1-2H3. The monoisotopic (exact) mass is 295 g/mol. The molecule has 0 aromatic carbocycles. The van der Waals surface area contributed by atoms with Crippen LogP contribution in [0.25, 0.3) is 0 Å². The van der Waals surface area contributed by atoms with Crippen molar-refractivity contribution in [1.82, 2.24) is 4.98 Å². The Morgan fingerprint density at radius 1 is 1.41 bits per heavy atom. The summed E-state index contributed by atoms with van der Waals surface area (Å²) in [6.07, 6.45) is 8.60. The van der Waals surface area contributed by atoms with Crippen molar-refractivity contribution in [2.75, 3.05) is 6.61 Å². The number of rotatable bonds is 3. The molecule has 1 aliphatic carbocycles. The maximum Gasteiger partial charge on any atom is 0.216 e. The number of halogens is 1.